The van der Waals surface area contributed by atoms with Crippen LogP contribution in [-0.4, -0.2) is 9.55 Å². The van der Waals surface area contributed by atoms with Gasteiger partial charge in [0, 0.05) is 45.1 Å². The summed E-state index contributed by atoms with van der Waals surface area (Å²) < 4.78 is 2.31. The van der Waals surface area contributed by atoms with E-state index < -0.39 is 0 Å². The molecular weight excluding hydrogens is 959 g/mol. The van der Waals surface area contributed by atoms with Crippen molar-refractivity contribution < 1.29 is 0 Å². The van der Waals surface area contributed by atoms with Crippen molar-refractivity contribution in [1.82, 2.24) is 9.55 Å². The smallest absolute Gasteiger partial charge is 0.145 e. The standard InChI is InChI=1S/C74H53N5/c1-6-20-52(21-7-1)53-38-44-64(45-39-53)77(65-46-40-54(41-47-65)58-26-16-28-60(50-58)67-34-18-36-69-71(67)78(62-30-12-4-13-31-62)73(75-69)56-22-8-2-9-23-56)66-48-42-55(43-49-66)59-27-17-29-61(51-59)68-35-19-37-70-72(68)79(63-32-14-5-15-33-63)74(76-70)57-24-10-3-11-25-57/h1-51,73,75H. The summed E-state index contributed by atoms with van der Waals surface area (Å²) in [5.41, 5.74) is 23.6. The van der Waals surface area contributed by atoms with Crippen molar-refractivity contribution in [3.05, 3.63) is 315 Å². The van der Waals surface area contributed by atoms with E-state index in [4.69, 9.17) is 4.98 Å². The molecule has 0 aliphatic carbocycles. The molecule has 0 spiro atoms. The average Bonchev–Trinajstić information content (AvgIpc) is 4.35. The van der Waals surface area contributed by atoms with Crippen molar-refractivity contribution in [1.29, 1.82) is 0 Å². The van der Waals surface area contributed by atoms with Gasteiger partial charge < -0.3 is 15.1 Å². The molecule has 5 heteroatoms. The monoisotopic (exact) mass is 1010 g/mol. The minimum absolute atomic E-state index is 0.0478. The Bertz CT molecular complexity index is 4240. The van der Waals surface area contributed by atoms with Gasteiger partial charge in [0.05, 0.1) is 22.4 Å². The third-order valence-electron chi connectivity index (χ3n) is 15.2. The Balaban J connectivity index is 0.803. The number of hydrogen-bond acceptors (Lipinski definition) is 4. The molecule has 0 saturated carbocycles. The highest BCUT2D eigenvalue weighted by molar-refractivity contribution is 5.98. The predicted octanol–water partition coefficient (Wildman–Crippen LogP) is 19.8. The van der Waals surface area contributed by atoms with Crippen molar-refractivity contribution in [2.45, 2.75) is 6.17 Å². The number of rotatable bonds is 12. The van der Waals surface area contributed by atoms with Gasteiger partial charge in [0.25, 0.3) is 0 Å². The van der Waals surface area contributed by atoms with Crippen molar-refractivity contribution in [2.24, 2.45) is 0 Å². The van der Waals surface area contributed by atoms with Gasteiger partial charge in [0.15, 0.2) is 0 Å². The lowest BCUT2D eigenvalue weighted by Crippen LogP contribution is -2.23. The van der Waals surface area contributed by atoms with Crippen LogP contribution in [0, 0.1) is 0 Å². The summed E-state index contributed by atoms with van der Waals surface area (Å²) in [5, 5.41) is 3.87. The lowest BCUT2D eigenvalue weighted by molar-refractivity contribution is 0.829. The number of imidazole rings is 1. The molecule has 0 bridgehead atoms. The minimum Gasteiger partial charge on any atom is -0.359 e. The van der Waals surface area contributed by atoms with Crippen LogP contribution in [0.15, 0.2) is 309 Å². The van der Waals surface area contributed by atoms with Crippen LogP contribution in [0.5, 0.6) is 0 Å². The normalized spacial score (nSPS) is 12.8. The second kappa shape index (κ2) is 20.6. The number of aromatic nitrogens is 2. The molecule has 0 fully saturated rings. The molecule has 2 heterocycles. The van der Waals surface area contributed by atoms with Crippen molar-refractivity contribution in [2.75, 3.05) is 15.1 Å². The number of anilines is 6. The van der Waals surface area contributed by atoms with Gasteiger partial charge in [-0.25, -0.2) is 4.98 Å². The van der Waals surface area contributed by atoms with E-state index >= 15 is 0 Å². The molecule has 0 amide bonds. The lowest BCUT2D eigenvalue weighted by Gasteiger charge is -2.28. The molecule has 1 aromatic heterocycles. The van der Waals surface area contributed by atoms with E-state index in [-0.39, 0.29) is 6.17 Å². The zero-order valence-electron chi connectivity index (χ0n) is 43.3. The molecule has 5 nitrogen and oxygen atoms in total. The first-order valence-corrected chi connectivity index (χ1v) is 27.0. The number of nitrogens with zero attached hydrogens (tertiary/aromatic N) is 4. The summed E-state index contributed by atoms with van der Waals surface area (Å²) in [6.45, 7) is 0. The van der Waals surface area contributed by atoms with Gasteiger partial charge in [-0.2, -0.15) is 0 Å². The Hall–Kier alpha value is -10.5. The summed E-state index contributed by atoms with van der Waals surface area (Å²) in [7, 11) is 0. The molecule has 1 aliphatic rings. The second-order valence-corrected chi connectivity index (χ2v) is 20.0. The predicted molar refractivity (Wildman–Crippen MR) is 330 cm³/mol. The number of fused-ring (bicyclic) bond motifs is 2. The summed E-state index contributed by atoms with van der Waals surface area (Å²) >= 11 is 0. The summed E-state index contributed by atoms with van der Waals surface area (Å²) in [4.78, 5) is 10.0. The Kier molecular flexibility index (Phi) is 12.2. The van der Waals surface area contributed by atoms with E-state index in [1.807, 2.05) is 0 Å². The van der Waals surface area contributed by atoms with Crippen LogP contribution in [-0.2, 0) is 0 Å². The van der Waals surface area contributed by atoms with Crippen LogP contribution in [0.3, 0.4) is 0 Å². The van der Waals surface area contributed by atoms with E-state index in [0.29, 0.717) is 0 Å². The molecule has 374 valence electrons. The third kappa shape index (κ3) is 8.99. The molecule has 79 heavy (non-hydrogen) atoms. The first-order chi connectivity index (χ1) is 39.2. The Morgan fingerprint density at radius 1 is 0.329 bits per heavy atom. The van der Waals surface area contributed by atoms with Gasteiger partial charge in [-0.05, 0) is 135 Å². The first-order valence-electron chi connectivity index (χ1n) is 27.0. The summed E-state index contributed by atoms with van der Waals surface area (Å²) in [5.74, 6) is 0.918. The third-order valence-corrected chi connectivity index (χ3v) is 15.2. The molecule has 0 saturated heterocycles. The van der Waals surface area contributed by atoms with E-state index in [2.05, 4.69) is 329 Å². The highest BCUT2D eigenvalue weighted by Crippen LogP contribution is 2.51. The zero-order chi connectivity index (χ0) is 52.5. The largest absolute Gasteiger partial charge is 0.359 e. The van der Waals surface area contributed by atoms with E-state index in [0.717, 1.165) is 95.5 Å². The van der Waals surface area contributed by atoms with Crippen LogP contribution >= 0.6 is 0 Å². The molecule has 1 atom stereocenters. The number of benzene rings is 12. The van der Waals surface area contributed by atoms with Crippen LogP contribution in [0.1, 0.15) is 11.7 Å². The van der Waals surface area contributed by atoms with E-state index in [1.165, 1.54) is 27.9 Å². The SMILES string of the molecule is c1ccc(-c2ccc(N(c3ccc(-c4cccc(-c5cccc6c5N(c5ccccc5)C(c5ccccc5)N6)c4)cc3)c3ccc(-c4cccc(-c5cccc6nc(-c7ccccc7)n(-c7ccccc7)c56)c4)cc3)cc2)cc1. The molecule has 14 rings (SSSR count). The van der Waals surface area contributed by atoms with Gasteiger partial charge in [0.1, 0.15) is 12.0 Å². The van der Waals surface area contributed by atoms with Crippen LogP contribution in [0.25, 0.3) is 83.7 Å². The fourth-order valence-electron chi connectivity index (χ4n) is 11.4. The Morgan fingerprint density at radius 2 is 0.747 bits per heavy atom. The molecular formula is C74H53N5. The number of hydrogen-bond donors (Lipinski definition) is 1. The summed E-state index contributed by atoms with van der Waals surface area (Å²) in [6, 6.07) is 111. The fourth-order valence-corrected chi connectivity index (χ4v) is 11.4. The molecule has 1 unspecified atom stereocenters. The molecule has 12 aromatic carbocycles. The number of nitrogens with one attached hydrogen (secondary N) is 1. The maximum absolute atomic E-state index is 5.24. The molecule has 1 N–H and O–H groups in total. The van der Waals surface area contributed by atoms with Gasteiger partial charge in [0.2, 0.25) is 0 Å². The quantitative estimate of drug-likeness (QED) is 0.132. The first kappa shape index (κ1) is 47.0. The van der Waals surface area contributed by atoms with Gasteiger partial charge >= 0.3 is 0 Å². The highest BCUT2D eigenvalue weighted by atomic mass is 15.3. The number of para-hydroxylation sites is 4. The second-order valence-electron chi connectivity index (χ2n) is 20.0. The zero-order valence-corrected chi connectivity index (χ0v) is 43.3. The fraction of sp³-hybridized carbons (Fsp3) is 0.0135. The van der Waals surface area contributed by atoms with Crippen molar-refractivity contribution >= 4 is 45.2 Å². The maximum atomic E-state index is 5.24. The Labute approximate surface area is 461 Å². The van der Waals surface area contributed by atoms with Crippen molar-refractivity contribution in [3.63, 3.8) is 0 Å². The van der Waals surface area contributed by atoms with E-state index in [9.17, 15) is 0 Å². The van der Waals surface area contributed by atoms with Gasteiger partial charge in [-0.15, -0.1) is 0 Å². The topological polar surface area (TPSA) is 36.3 Å². The Morgan fingerprint density at radius 3 is 1.32 bits per heavy atom. The van der Waals surface area contributed by atoms with Gasteiger partial charge in [-0.3, -0.25) is 4.57 Å². The summed E-state index contributed by atoms with van der Waals surface area (Å²) in [6.07, 6.45) is -0.0478. The average molecular weight is 1010 g/mol. The van der Waals surface area contributed by atoms with Gasteiger partial charge in [-0.1, -0.05) is 224 Å². The van der Waals surface area contributed by atoms with Crippen molar-refractivity contribution in [3.8, 4) is 72.7 Å². The van der Waals surface area contributed by atoms with Crippen LogP contribution < -0.4 is 15.1 Å². The molecule has 1 aliphatic heterocycles. The lowest BCUT2D eigenvalue weighted by atomic mass is 9.96. The highest BCUT2D eigenvalue weighted by Gasteiger charge is 2.33. The molecule has 13 aromatic rings. The maximum Gasteiger partial charge on any atom is 0.145 e. The van der Waals surface area contributed by atoms with Crippen LogP contribution in [0.2, 0.25) is 0 Å². The minimum atomic E-state index is -0.0478. The van der Waals surface area contributed by atoms with Crippen LogP contribution in [0.4, 0.5) is 34.1 Å². The molecule has 0 radical (unpaired) electrons. The van der Waals surface area contributed by atoms with E-state index in [1.54, 1.807) is 0 Å².